The second-order valence-corrected chi connectivity index (χ2v) is 0. The molecule has 0 aromatic carbocycles. The molecule has 5 nitrogen and oxygen atoms in total. The number of nitrogens with two attached hydrogens (primary N) is 4. The first kappa shape index (κ1) is 902. The van der Waals surface area contributed by atoms with Crippen molar-refractivity contribution in [1.82, 2.24) is 0 Å². The van der Waals surface area contributed by atoms with Crippen molar-refractivity contribution in [3.8, 4) is 0 Å². The third-order valence-electron chi connectivity index (χ3n) is 0. The zero-order chi connectivity index (χ0) is 0. The van der Waals surface area contributed by atoms with Crippen LogP contribution in [0.1, 0.15) is 0 Å². The van der Waals surface area contributed by atoms with Gasteiger partial charge in [0.15, 0.2) is 0 Å². The minimum atomic E-state index is 0. The maximum absolute atomic E-state index is 0. The van der Waals surface area contributed by atoms with Gasteiger partial charge in [-0.05, 0) is 0 Å². The van der Waals surface area contributed by atoms with Gasteiger partial charge in [0, 0.05) is 0 Å². The van der Waals surface area contributed by atoms with Gasteiger partial charge >= 0.3 is 20.4 Å². The Morgan fingerprint density at radius 1 is 0.500 bits per heavy atom. The molecule has 0 fully saturated rings. The zero-order valence-electron chi connectivity index (χ0n) is 3.07. The van der Waals surface area contributed by atoms with Gasteiger partial charge in [-0.3, -0.25) is 0 Å². The van der Waals surface area contributed by atoms with Crippen molar-refractivity contribution in [2.24, 2.45) is 0 Å². The third kappa shape index (κ3) is 250. The van der Waals surface area contributed by atoms with Crippen molar-refractivity contribution in [3.63, 3.8) is 0 Å². The summed E-state index contributed by atoms with van der Waals surface area (Å²) in [6, 6.07) is 0. The van der Waals surface area contributed by atoms with Gasteiger partial charge in [0.1, 0.15) is 0 Å². The van der Waals surface area contributed by atoms with Crippen LogP contribution in [0.3, 0.4) is 0 Å². The van der Waals surface area contributed by atoms with Gasteiger partial charge < -0.3 is 30.1 Å². The molecule has 0 spiro atoms. The van der Waals surface area contributed by atoms with Crippen molar-refractivity contribution in [2.45, 2.75) is 0 Å². The Morgan fingerprint density at radius 2 is 0.500 bits per heavy atom. The van der Waals surface area contributed by atoms with Crippen LogP contribution in [0.25, 0.3) is 24.6 Å². The van der Waals surface area contributed by atoms with E-state index in [-0.39, 0.29) is 50.5 Å². The van der Waals surface area contributed by atoms with E-state index in [1.807, 2.05) is 0 Å². The number of hydrogen-bond donors (Lipinski definition) is 0. The van der Waals surface area contributed by atoms with Gasteiger partial charge in [-0.2, -0.15) is 0 Å². The summed E-state index contributed by atoms with van der Waals surface area (Å²) in [7, 11) is 0. The standard InChI is InChI=1S/4H2N.H2O.Pd/h5*1H2;/q4*-1;;+2/p-1. The molecule has 0 bridgehead atoms. The van der Waals surface area contributed by atoms with E-state index in [4.69, 9.17) is 0 Å². The molecule has 48 valence electrons. The summed E-state index contributed by atoms with van der Waals surface area (Å²) in [6.45, 7) is 0. The smallest absolute Gasteiger partial charge is 0.870 e. The van der Waals surface area contributed by atoms with Gasteiger partial charge in [0.25, 0.3) is 0 Å². The fourth-order valence-electron chi connectivity index (χ4n) is 0. The van der Waals surface area contributed by atoms with Crippen LogP contribution in [0.4, 0.5) is 0 Å². The maximum Gasteiger partial charge on any atom is 2.00 e. The summed E-state index contributed by atoms with van der Waals surface area (Å²) in [5.74, 6) is 0. The molecule has 0 atom stereocenters. The largest absolute Gasteiger partial charge is 2.00 e. The Morgan fingerprint density at radius 3 is 0.500 bits per heavy atom. The molecule has 0 aromatic rings. The molecule has 6 heavy (non-hydrogen) atoms. The van der Waals surface area contributed by atoms with E-state index in [1.54, 1.807) is 0 Å². The molecular formula is H9N4OPd-3. The molecule has 0 aliphatic heterocycles. The molecule has 0 aliphatic carbocycles. The first-order chi connectivity index (χ1) is 0. The van der Waals surface area contributed by atoms with Gasteiger partial charge in [0.05, 0.1) is 0 Å². The van der Waals surface area contributed by atoms with E-state index in [9.17, 15) is 0 Å². The van der Waals surface area contributed by atoms with Crippen LogP contribution in [0.2, 0.25) is 0 Å². The molecule has 9 N–H and O–H groups in total. The molecule has 0 heterocycles. The predicted molar refractivity (Wildman–Crippen MR) is 23.1 cm³/mol. The molecule has 0 aliphatic rings. The quantitative estimate of drug-likeness (QED) is 0.523. The fourth-order valence-corrected chi connectivity index (χ4v) is 0. The van der Waals surface area contributed by atoms with E-state index in [0.717, 1.165) is 0 Å². The zero-order valence-corrected chi connectivity index (χ0v) is 4.63. The molecule has 0 radical (unpaired) electrons. The third-order valence-corrected chi connectivity index (χ3v) is 0. The Hall–Kier alpha value is 0.462. The first-order valence-corrected chi connectivity index (χ1v) is 0. The number of hydrogen-bond acceptors (Lipinski definition) is 1. The van der Waals surface area contributed by atoms with Crippen LogP contribution in [-0.4, -0.2) is 5.48 Å². The molecule has 0 amide bonds. The number of rotatable bonds is 0. The molecule has 0 aromatic heterocycles. The van der Waals surface area contributed by atoms with E-state index < -0.39 is 0 Å². The Kier molecular flexibility index (Phi) is 76500. The summed E-state index contributed by atoms with van der Waals surface area (Å²) in [5.41, 5.74) is 0. The van der Waals surface area contributed by atoms with Crippen molar-refractivity contribution in [3.05, 3.63) is 24.6 Å². The molecule has 6 heteroatoms. The molecule has 0 rings (SSSR count). The van der Waals surface area contributed by atoms with Crippen LogP contribution in [-0.2, 0) is 20.4 Å². The summed E-state index contributed by atoms with van der Waals surface area (Å²) in [4.78, 5) is 0. The van der Waals surface area contributed by atoms with Crippen LogP contribution >= 0.6 is 0 Å². The average molecular weight is 188 g/mol. The maximum atomic E-state index is 0. The first-order valence-electron chi connectivity index (χ1n) is 0. The minimum Gasteiger partial charge on any atom is -0.870 e. The van der Waals surface area contributed by atoms with Gasteiger partial charge in [-0.25, -0.2) is 0 Å². The Bertz CT molecular complexity index is 7.51. The molecule has 0 unspecified atom stereocenters. The monoisotopic (exact) mass is 187 g/mol. The predicted octanol–water partition coefficient (Wildman–Crippen LogP) is 2.69. The van der Waals surface area contributed by atoms with Crippen molar-refractivity contribution < 1.29 is 25.9 Å². The second kappa shape index (κ2) is 509. The topological polar surface area (TPSA) is 164 Å². The Balaban J connectivity index is 0. The van der Waals surface area contributed by atoms with Crippen molar-refractivity contribution in [1.29, 1.82) is 0 Å². The fraction of sp³-hybridized carbons (Fsp3) is 0. The van der Waals surface area contributed by atoms with Crippen LogP contribution < -0.4 is 0 Å². The summed E-state index contributed by atoms with van der Waals surface area (Å²) in [6.07, 6.45) is 0. The van der Waals surface area contributed by atoms with E-state index in [1.165, 1.54) is 0 Å². The van der Waals surface area contributed by atoms with Crippen LogP contribution in [0.5, 0.6) is 0 Å². The van der Waals surface area contributed by atoms with Gasteiger partial charge in [-0.1, -0.05) is 0 Å². The van der Waals surface area contributed by atoms with Crippen LogP contribution in [0, 0.1) is 0 Å². The summed E-state index contributed by atoms with van der Waals surface area (Å²) < 4.78 is 0. The average Bonchev–Trinajstić information content (AvgIpc) is 0. The summed E-state index contributed by atoms with van der Waals surface area (Å²) >= 11 is 0. The molecule has 0 saturated heterocycles. The second-order valence-electron chi connectivity index (χ2n) is 0. The minimum absolute atomic E-state index is 0. The SMILES string of the molecule is [NH2-].[NH2-].[NH2-].[NH2-].[OH-].[Pd+2]. The van der Waals surface area contributed by atoms with Gasteiger partial charge in [0.2, 0.25) is 0 Å². The van der Waals surface area contributed by atoms with E-state index in [2.05, 4.69) is 0 Å². The molecule has 0 saturated carbocycles. The Labute approximate surface area is 51.2 Å². The normalized spacial score (nSPS) is 0. The van der Waals surface area contributed by atoms with Gasteiger partial charge in [-0.15, -0.1) is 0 Å². The van der Waals surface area contributed by atoms with E-state index in [0.29, 0.717) is 0 Å². The molecular weight excluding hydrogens is 178 g/mol. The van der Waals surface area contributed by atoms with Crippen molar-refractivity contribution in [2.75, 3.05) is 0 Å². The summed E-state index contributed by atoms with van der Waals surface area (Å²) in [5, 5.41) is 0. The van der Waals surface area contributed by atoms with E-state index >= 15 is 0 Å². The van der Waals surface area contributed by atoms with Crippen LogP contribution in [0.15, 0.2) is 0 Å². The van der Waals surface area contributed by atoms with Crippen molar-refractivity contribution >= 4 is 0 Å².